The summed E-state index contributed by atoms with van der Waals surface area (Å²) >= 11 is 0. The van der Waals surface area contributed by atoms with E-state index in [4.69, 9.17) is 9.47 Å². The van der Waals surface area contributed by atoms with E-state index in [1.54, 1.807) is 14.2 Å². The van der Waals surface area contributed by atoms with Gasteiger partial charge in [-0.2, -0.15) is 0 Å². The van der Waals surface area contributed by atoms with Crippen molar-refractivity contribution in [3.8, 4) is 0 Å². The average Bonchev–Trinajstić information content (AvgIpc) is 2.05. The van der Waals surface area contributed by atoms with E-state index in [2.05, 4.69) is 0 Å². The van der Waals surface area contributed by atoms with Gasteiger partial charge < -0.3 is 9.47 Å². The first-order valence-electron chi connectivity index (χ1n) is 3.92. The average molecular weight is 144 g/mol. The molecule has 0 aliphatic heterocycles. The lowest BCUT2D eigenvalue weighted by Gasteiger charge is -2.26. The summed E-state index contributed by atoms with van der Waals surface area (Å²) in [5.41, 5.74) is 0. The van der Waals surface area contributed by atoms with Gasteiger partial charge in [0.25, 0.3) is 0 Å². The van der Waals surface area contributed by atoms with Gasteiger partial charge in [-0.15, -0.1) is 0 Å². The maximum atomic E-state index is 5.24. The van der Waals surface area contributed by atoms with Crippen LogP contribution in [-0.2, 0) is 9.47 Å². The van der Waals surface area contributed by atoms with E-state index in [0.717, 1.165) is 6.42 Å². The van der Waals surface area contributed by atoms with Gasteiger partial charge in [-0.05, 0) is 25.7 Å². The van der Waals surface area contributed by atoms with Crippen molar-refractivity contribution in [1.29, 1.82) is 0 Å². The predicted octanol–water partition coefficient (Wildman–Crippen LogP) is 1.59. The van der Waals surface area contributed by atoms with Crippen molar-refractivity contribution in [2.45, 2.75) is 37.9 Å². The minimum Gasteiger partial charge on any atom is -0.381 e. The number of rotatable bonds is 2. The van der Waals surface area contributed by atoms with Crippen LogP contribution in [0.4, 0.5) is 0 Å². The van der Waals surface area contributed by atoms with Gasteiger partial charge >= 0.3 is 0 Å². The molecule has 0 aromatic carbocycles. The summed E-state index contributed by atoms with van der Waals surface area (Å²) in [5.74, 6) is 0. The highest BCUT2D eigenvalue weighted by Crippen LogP contribution is 2.22. The summed E-state index contributed by atoms with van der Waals surface area (Å²) in [6.45, 7) is 0. The first-order chi connectivity index (χ1) is 4.86. The summed E-state index contributed by atoms with van der Waals surface area (Å²) in [5, 5.41) is 0. The molecule has 1 saturated carbocycles. The van der Waals surface area contributed by atoms with E-state index in [1.165, 1.54) is 19.3 Å². The Morgan fingerprint density at radius 2 is 1.50 bits per heavy atom. The normalized spacial score (nSPS) is 34.2. The van der Waals surface area contributed by atoms with Gasteiger partial charge in [0.05, 0.1) is 12.2 Å². The van der Waals surface area contributed by atoms with Crippen LogP contribution in [0.1, 0.15) is 25.7 Å². The largest absolute Gasteiger partial charge is 0.381 e. The van der Waals surface area contributed by atoms with Crippen LogP contribution in [-0.4, -0.2) is 26.4 Å². The smallest absolute Gasteiger partial charge is 0.0596 e. The van der Waals surface area contributed by atoms with Crippen molar-refractivity contribution < 1.29 is 9.47 Å². The molecule has 0 bridgehead atoms. The van der Waals surface area contributed by atoms with Gasteiger partial charge in [-0.25, -0.2) is 0 Å². The molecule has 1 aliphatic rings. The third-order valence-electron chi connectivity index (χ3n) is 2.24. The molecule has 2 unspecified atom stereocenters. The monoisotopic (exact) mass is 144 g/mol. The Morgan fingerprint density at radius 1 is 1.00 bits per heavy atom. The summed E-state index contributed by atoms with van der Waals surface area (Å²) < 4.78 is 10.5. The van der Waals surface area contributed by atoms with Crippen LogP contribution < -0.4 is 0 Å². The highest BCUT2D eigenvalue weighted by atomic mass is 16.5. The van der Waals surface area contributed by atoms with Gasteiger partial charge in [-0.1, -0.05) is 0 Å². The van der Waals surface area contributed by atoms with Gasteiger partial charge in [0.2, 0.25) is 0 Å². The molecule has 0 amide bonds. The lowest BCUT2D eigenvalue weighted by Crippen LogP contribution is -2.26. The summed E-state index contributed by atoms with van der Waals surface area (Å²) in [4.78, 5) is 0. The summed E-state index contributed by atoms with van der Waals surface area (Å²) in [6, 6.07) is 0. The zero-order chi connectivity index (χ0) is 7.40. The molecule has 2 heteroatoms. The van der Waals surface area contributed by atoms with E-state index in [1.807, 2.05) is 0 Å². The Kier molecular flexibility index (Phi) is 3.16. The topological polar surface area (TPSA) is 18.5 Å². The molecular formula is C8H16O2. The van der Waals surface area contributed by atoms with Gasteiger partial charge in [0, 0.05) is 14.2 Å². The molecule has 60 valence electrons. The Labute approximate surface area is 62.5 Å². The molecule has 0 aromatic heterocycles. The first kappa shape index (κ1) is 8.02. The van der Waals surface area contributed by atoms with E-state index in [0.29, 0.717) is 12.2 Å². The fourth-order valence-corrected chi connectivity index (χ4v) is 1.53. The molecule has 0 heterocycles. The van der Waals surface area contributed by atoms with E-state index >= 15 is 0 Å². The second-order valence-corrected chi connectivity index (χ2v) is 2.88. The quantitative estimate of drug-likeness (QED) is 0.586. The van der Waals surface area contributed by atoms with Crippen molar-refractivity contribution in [3.63, 3.8) is 0 Å². The zero-order valence-electron chi connectivity index (χ0n) is 6.80. The number of ether oxygens (including phenoxy) is 2. The number of hydrogen-bond donors (Lipinski definition) is 0. The van der Waals surface area contributed by atoms with Crippen LogP contribution in [0.3, 0.4) is 0 Å². The number of methoxy groups -OCH3 is 2. The molecule has 0 aromatic rings. The first-order valence-corrected chi connectivity index (χ1v) is 3.92. The van der Waals surface area contributed by atoms with E-state index in [9.17, 15) is 0 Å². The lowest BCUT2D eigenvalue weighted by molar-refractivity contribution is -0.00924. The fourth-order valence-electron chi connectivity index (χ4n) is 1.53. The van der Waals surface area contributed by atoms with Crippen molar-refractivity contribution >= 4 is 0 Å². The van der Waals surface area contributed by atoms with Crippen molar-refractivity contribution in [2.24, 2.45) is 0 Å². The van der Waals surface area contributed by atoms with Crippen LogP contribution in [0.15, 0.2) is 0 Å². The number of hydrogen-bond acceptors (Lipinski definition) is 2. The fraction of sp³-hybridized carbons (Fsp3) is 1.00. The molecule has 0 saturated heterocycles. The molecule has 1 aliphatic carbocycles. The third-order valence-corrected chi connectivity index (χ3v) is 2.24. The molecule has 0 radical (unpaired) electrons. The highest BCUT2D eigenvalue weighted by molar-refractivity contribution is 4.72. The van der Waals surface area contributed by atoms with Gasteiger partial charge in [0.1, 0.15) is 0 Å². The van der Waals surface area contributed by atoms with Gasteiger partial charge in [0.15, 0.2) is 0 Å². The van der Waals surface area contributed by atoms with Crippen molar-refractivity contribution in [2.75, 3.05) is 14.2 Å². The van der Waals surface area contributed by atoms with Crippen LogP contribution in [0.5, 0.6) is 0 Å². The van der Waals surface area contributed by atoms with E-state index in [-0.39, 0.29) is 0 Å². The summed E-state index contributed by atoms with van der Waals surface area (Å²) in [7, 11) is 3.56. The molecule has 2 nitrogen and oxygen atoms in total. The van der Waals surface area contributed by atoms with Crippen molar-refractivity contribution in [3.05, 3.63) is 0 Å². The maximum Gasteiger partial charge on any atom is 0.0596 e. The minimum absolute atomic E-state index is 0.443. The Balaban J connectivity index is 2.25. The molecule has 1 rings (SSSR count). The third kappa shape index (κ3) is 1.96. The van der Waals surface area contributed by atoms with E-state index < -0.39 is 0 Å². The minimum atomic E-state index is 0.443. The Hall–Kier alpha value is -0.0800. The molecule has 1 fully saturated rings. The molecule has 0 N–H and O–H groups in total. The second kappa shape index (κ2) is 3.94. The lowest BCUT2D eigenvalue weighted by atomic mass is 9.95. The Bertz CT molecular complexity index is 83.3. The molecular weight excluding hydrogens is 128 g/mol. The molecule has 2 atom stereocenters. The van der Waals surface area contributed by atoms with Crippen LogP contribution in [0, 0.1) is 0 Å². The second-order valence-electron chi connectivity index (χ2n) is 2.88. The maximum absolute atomic E-state index is 5.24. The SMILES string of the molecule is COC1CCCC(OC)C1. The van der Waals surface area contributed by atoms with Crippen LogP contribution in [0.2, 0.25) is 0 Å². The Morgan fingerprint density at radius 3 is 1.90 bits per heavy atom. The van der Waals surface area contributed by atoms with Gasteiger partial charge in [-0.3, -0.25) is 0 Å². The van der Waals surface area contributed by atoms with Crippen LogP contribution in [0.25, 0.3) is 0 Å². The zero-order valence-corrected chi connectivity index (χ0v) is 6.80. The molecule has 0 spiro atoms. The standard InChI is InChI=1S/C8H16O2/c1-9-7-4-3-5-8(6-7)10-2/h7-8H,3-6H2,1-2H3. The van der Waals surface area contributed by atoms with Crippen LogP contribution >= 0.6 is 0 Å². The predicted molar refractivity (Wildman–Crippen MR) is 40.1 cm³/mol. The van der Waals surface area contributed by atoms with Crippen molar-refractivity contribution in [1.82, 2.24) is 0 Å². The highest BCUT2D eigenvalue weighted by Gasteiger charge is 2.20. The summed E-state index contributed by atoms with van der Waals surface area (Å²) in [6.07, 6.45) is 5.62. The molecule has 10 heavy (non-hydrogen) atoms.